The van der Waals surface area contributed by atoms with E-state index in [9.17, 15) is 20.0 Å². The number of nitro groups is 1. The number of benzene rings is 2. The molecule has 3 rings (SSSR count). The van der Waals surface area contributed by atoms with Crippen molar-refractivity contribution in [2.24, 2.45) is 10.2 Å². The van der Waals surface area contributed by atoms with Gasteiger partial charge in [0.2, 0.25) is 5.82 Å². The minimum absolute atomic E-state index is 0.0965. The number of hydrogen-bond donors (Lipinski definition) is 1. The summed E-state index contributed by atoms with van der Waals surface area (Å²) < 4.78 is 5.08. The Kier molecular flexibility index (Phi) is 5.49. The first-order chi connectivity index (χ1) is 13.8. The van der Waals surface area contributed by atoms with E-state index >= 15 is 0 Å². The average molecular weight is 394 g/mol. The van der Waals surface area contributed by atoms with E-state index in [1.807, 2.05) is 0 Å². The predicted molar refractivity (Wildman–Crippen MR) is 99.6 cm³/mol. The van der Waals surface area contributed by atoms with Crippen molar-refractivity contribution in [3.8, 4) is 11.5 Å². The van der Waals surface area contributed by atoms with Crippen molar-refractivity contribution in [1.29, 1.82) is 0 Å². The van der Waals surface area contributed by atoms with E-state index in [1.54, 1.807) is 26.0 Å². The van der Waals surface area contributed by atoms with Crippen molar-refractivity contribution in [1.82, 2.24) is 15.0 Å². The van der Waals surface area contributed by atoms with Crippen LogP contribution in [0.15, 0.2) is 53.0 Å². The summed E-state index contributed by atoms with van der Waals surface area (Å²) in [7, 11) is 0. The number of ether oxygens (including phenoxy) is 1. The summed E-state index contributed by atoms with van der Waals surface area (Å²) in [6.07, 6.45) is 1.08. The number of phenols is 1. The van der Waals surface area contributed by atoms with Gasteiger partial charge in [-0.3, -0.25) is 10.1 Å². The number of hydrogen-bond acceptors (Lipinski definition) is 10. The smallest absolute Gasteiger partial charge is 0.381 e. The van der Waals surface area contributed by atoms with Crippen molar-refractivity contribution in [3.05, 3.63) is 69.8 Å². The molecule has 1 aromatic heterocycles. The van der Waals surface area contributed by atoms with E-state index in [-0.39, 0.29) is 29.0 Å². The second-order valence-corrected chi connectivity index (χ2v) is 5.88. The number of phenolic OH excluding ortho intramolecular Hbond substituents is 1. The summed E-state index contributed by atoms with van der Waals surface area (Å²) in [5.41, 5.74) is 1.63. The fourth-order valence-electron chi connectivity index (χ4n) is 2.32. The molecule has 1 N–H and O–H groups in total. The Hall–Kier alpha value is -4.28. The lowest BCUT2D eigenvalue weighted by Gasteiger charge is -2.04. The fraction of sp³-hybridized carbons (Fsp3) is 0.111. The van der Waals surface area contributed by atoms with Crippen molar-refractivity contribution in [3.63, 3.8) is 0 Å². The summed E-state index contributed by atoms with van der Waals surface area (Å²) in [6.45, 7) is 3.47. The van der Waals surface area contributed by atoms with Crippen molar-refractivity contribution in [2.75, 3.05) is 0 Å². The minimum atomic E-state index is -0.881. The van der Waals surface area contributed by atoms with Gasteiger partial charge < -0.3 is 9.84 Å². The van der Waals surface area contributed by atoms with Crippen molar-refractivity contribution < 1.29 is 19.6 Å². The average Bonchev–Trinajstić information content (AvgIpc) is 2.71. The number of carbonyl (C=O) groups is 1. The molecule has 0 saturated carbocycles. The highest BCUT2D eigenvalue weighted by Crippen LogP contribution is 2.28. The molecule has 0 saturated heterocycles. The third kappa shape index (κ3) is 4.71. The Bertz CT molecular complexity index is 1090. The summed E-state index contributed by atoms with van der Waals surface area (Å²) in [6, 6.07) is 8.25. The van der Waals surface area contributed by atoms with E-state index in [0.717, 1.165) is 6.33 Å². The quantitative estimate of drug-likeness (QED) is 0.226. The monoisotopic (exact) mass is 394 g/mol. The normalized spacial score (nSPS) is 10.8. The SMILES string of the molecule is Cc1cc(N=Nc2ncnc(C(=O)Oc3ccc([N+](=O)[O-])cc3)n2)cc(C)c1O. The lowest BCUT2D eigenvalue weighted by molar-refractivity contribution is -0.384. The summed E-state index contributed by atoms with van der Waals surface area (Å²) in [5, 5.41) is 28.3. The van der Waals surface area contributed by atoms with Gasteiger partial charge in [-0.05, 0) is 49.2 Å². The first kappa shape index (κ1) is 19.5. The Labute approximate surface area is 163 Å². The van der Waals surface area contributed by atoms with Gasteiger partial charge in [0.25, 0.3) is 11.6 Å². The number of aromatic nitrogens is 3. The van der Waals surface area contributed by atoms with Crippen molar-refractivity contribution >= 4 is 23.3 Å². The zero-order valence-electron chi connectivity index (χ0n) is 15.3. The molecule has 0 amide bonds. The number of nitrogens with zero attached hydrogens (tertiary/aromatic N) is 6. The number of aryl methyl sites for hydroxylation is 2. The summed E-state index contributed by atoms with van der Waals surface area (Å²) >= 11 is 0. The highest BCUT2D eigenvalue weighted by atomic mass is 16.6. The summed E-state index contributed by atoms with van der Waals surface area (Å²) in [4.78, 5) is 33.7. The largest absolute Gasteiger partial charge is 0.507 e. The van der Waals surface area contributed by atoms with E-state index in [2.05, 4.69) is 25.2 Å². The Morgan fingerprint density at radius 1 is 1.10 bits per heavy atom. The minimum Gasteiger partial charge on any atom is -0.507 e. The molecule has 0 unspecified atom stereocenters. The standard InChI is InChI=1S/C18H14N6O5/c1-10-7-12(8-11(2)15(10)25)22-23-18-20-9-19-16(21-18)17(26)29-14-5-3-13(4-6-14)24(27)28/h3-9,25H,1-2H3. The predicted octanol–water partition coefficient (Wildman–Crippen LogP) is 3.74. The van der Waals surface area contributed by atoms with Gasteiger partial charge in [-0.1, -0.05) is 0 Å². The molecule has 1 heterocycles. The summed E-state index contributed by atoms with van der Waals surface area (Å²) in [5.74, 6) is -1.02. The third-order valence-corrected chi connectivity index (χ3v) is 3.73. The van der Waals surface area contributed by atoms with E-state index in [4.69, 9.17) is 4.74 Å². The molecule has 11 heteroatoms. The molecule has 29 heavy (non-hydrogen) atoms. The number of esters is 1. The Balaban J connectivity index is 1.75. The topological polar surface area (TPSA) is 153 Å². The van der Waals surface area contributed by atoms with Gasteiger partial charge in [-0.2, -0.15) is 9.97 Å². The lowest BCUT2D eigenvalue weighted by atomic mass is 10.1. The maximum absolute atomic E-state index is 12.2. The van der Waals surface area contributed by atoms with Crippen LogP contribution in [0.1, 0.15) is 21.7 Å². The first-order valence-electron chi connectivity index (χ1n) is 8.21. The third-order valence-electron chi connectivity index (χ3n) is 3.73. The van der Waals surface area contributed by atoms with Gasteiger partial charge in [0.15, 0.2) is 0 Å². The van der Waals surface area contributed by atoms with Crippen LogP contribution in [0.4, 0.5) is 17.3 Å². The second-order valence-electron chi connectivity index (χ2n) is 5.88. The van der Waals surface area contributed by atoms with Gasteiger partial charge in [0.05, 0.1) is 10.6 Å². The van der Waals surface area contributed by atoms with Crippen LogP contribution < -0.4 is 4.74 Å². The molecule has 146 valence electrons. The Morgan fingerprint density at radius 2 is 1.76 bits per heavy atom. The van der Waals surface area contributed by atoms with Crippen LogP contribution in [0.2, 0.25) is 0 Å². The number of rotatable bonds is 5. The first-order valence-corrected chi connectivity index (χ1v) is 8.21. The van der Waals surface area contributed by atoms with E-state index in [1.165, 1.54) is 24.3 Å². The van der Waals surface area contributed by atoms with Gasteiger partial charge in [-0.15, -0.1) is 10.2 Å². The van der Waals surface area contributed by atoms with E-state index in [0.29, 0.717) is 16.8 Å². The lowest BCUT2D eigenvalue weighted by Crippen LogP contribution is -2.13. The van der Waals surface area contributed by atoms with Crippen LogP contribution in [0.3, 0.4) is 0 Å². The number of azo groups is 1. The van der Waals surface area contributed by atoms with Crippen LogP contribution >= 0.6 is 0 Å². The van der Waals surface area contributed by atoms with Crippen molar-refractivity contribution in [2.45, 2.75) is 13.8 Å². The van der Waals surface area contributed by atoms with Gasteiger partial charge in [0, 0.05) is 12.1 Å². The number of aromatic hydroxyl groups is 1. The fourth-order valence-corrected chi connectivity index (χ4v) is 2.32. The van der Waals surface area contributed by atoms with Crippen LogP contribution in [0, 0.1) is 24.0 Å². The van der Waals surface area contributed by atoms with Gasteiger partial charge in [-0.25, -0.2) is 9.78 Å². The molecule has 0 atom stereocenters. The molecule has 0 aliphatic rings. The highest BCUT2D eigenvalue weighted by molar-refractivity contribution is 5.87. The molecule has 0 aliphatic carbocycles. The highest BCUT2D eigenvalue weighted by Gasteiger charge is 2.14. The number of carbonyl (C=O) groups excluding carboxylic acids is 1. The second kappa shape index (κ2) is 8.17. The van der Waals surface area contributed by atoms with Crippen LogP contribution in [0.25, 0.3) is 0 Å². The van der Waals surface area contributed by atoms with Gasteiger partial charge >= 0.3 is 5.97 Å². The molecule has 0 radical (unpaired) electrons. The number of nitro benzene ring substituents is 1. The number of non-ortho nitro benzene ring substituents is 1. The molecule has 0 fully saturated rings. The molecular weight excluding hydrogens is 380 g/mol. The zero-order valence-corrected chi connectivity index (χ0v) is 15.3. The Morgan fingerprint density at radius 3 is 2.38 bits per heavy atom. The molecular formula is C18H14N6O5. The molecule has 0 aliphatic heterocycles. The van der Waals surface area contributed by atoms with Crippen LogP contribution in [-0.2, 0) is 0 Å². The molecule has 11 nitrogen and oxygen atoms in total. The maximum Gasteiger partial charge on any atom is 0.381 e. The molecule has 0 bridgehead atoms. The van der Waals surface area contributed by atoms with E-state index < -0.39 is 10.9 Å². The maximum atomic E-state index is 12.2. The molecule has 2 aromatic carbocycles. The molecule has 0 spiro atoms. The molecule has 3 aromatic rings. The zero-order chi connectivity index (χ0) is 21.0. The van der Waals surface area contributed by atoms with Crippen LogP contribution in [-0.4, -0.2) is 31.0 Å². The van der Waals surface area contributed by atoms with Crippen LogP contribution in [0.5, 0.6) is 11.5 Å². The van der Waals surface area contributed by atoms with Gasteiger partial charge in [0.1, 0.15) is 17.8 Å².